The Morgan fingerprint density at radius 2 is 1.69 bits per heavy atom. The van der Waals surface area contributed by atoms with Gasteiger partial charge in [0.05, 0.1) is 6.42 Å². The number of amides is 2. The van der Waals surface area contributed by atoms with Gasteiger partial charge in [0, 0.05) is 33.9 Å². The van der Waals surface area contributed by atoms with Crippen LogP contribution in [0.4, 0.5) is 5.69 Å². The second-order valence-electron chi connectivity index (χ2n) is 5.25. The van der Waals surface area contributed by atoms with Gasteiger partial charge >= 0.3 is 5.97 Å². The number of benzene rings is 2. The monoisotopic (exact) mass is 394 g/mol. The van der Waals surface area contributed by atoms with Crippen molar-refractivity contribution >= 4 is 46.7 Å². The molecule has 0 aliphatic heterocycles. The first kappa shape index (κ1) is 19.8. The minimum atomic E-state index is -0.630. The quantitative estimate of drug-likeness (QED) is 0.737. The lowest BCUT2D eigenvalue weighted by atomic mass is 10.1. The number of hydrogen-bond acceptors (Lipinski definition) is 4. The highest BCUT2D eigenvalue weighted by Gasteiger charge is 2.14. The van der Waals surface area contributed by atoms with Crippen LogP contribution in [0.15, 0.2) is 42.5 Å². The highest BCUT2D eigenvalue weighted by molar-refractivity contribution is 6.36. The number of rotatable bonds is 6. The van der Waals surface area contributed by atoms with Crippen molar-refractivity contribution in [3.63, 3.8) is 0 Å². The molecule has 0 fully saturated rings. The summed E-state index contributed by atoms with van der Waals surface area (Å²) < 4.78 is 4.94. The van der Waals surface area contributed by atoms with E-state index in [9.17, 15) is 14.4 Å². The highest BCUT2D eigenvalue weighted by atomic mass is 35.5. The van der Waals surface area contributed by atoms with Gasteiger partial charge in [-0.05, 0) is 30.3 Å². The number of nitrogens with one attached hydrogen (secondary N) is 2. The van der Waals surface area contributed by atoms with Crippen molar-refractivity contribution in [1.82, 2.24) is 5.32 Å². The van der Waals surface area contributed by atoms with Gasteiger partial charge in [-0.1, -0.05) is 35.3 Å². The summed E-state index contributed by atoms with van der Waals surface area (Å²) in [4.78, 5) is 35.4. The van der Waals surface area contributed by atoms with Crippen LogP contribution in [-0.4, -0.2) is 31.4 Å². The molecule has 0 atom stereocenters. The molecule has 0 unspecified atom stereocenters. The Hall–Kier alpha value is -2.57. The van der Waals surface area contributed by atoms with Crippen molar-refractivity contribution < 1.29 is 19.1 Å². The molecule has 0 bridgehead atoms. The van der Waals surface area contributed by atoms with E-state index in [0.717, 1.165) is 0 Å². The van der Waals surface area contributed by atoms with Gasteiger partial charge in [0.2, 0.25) is 0 Å². The predicted molar refractivity (Wildman–Crippen MR) is 99.6 cm³/mol. The third-order valence-electron chi connectivity index (χ3n) is 3.38. The normalized spacial score (nSPS) is 10.1. The predicted octanol–water partition coefficient (Wildman–Crippen LogP) is 3.08. The molecule has 2 amide bonds. The molecule has 0 saturated heterocycles. The summed E-state index contributed by atoms with van der Waals surface area (Å²) in [6, 6.07) is 11.3. The van der Waals surface area contributed by atoms with E-state index < -0.39 is 18.5 Å². The lowest BCUT2D eigenvalue weighted by Crippen LogP contribution is -2.22. The van der Waals surface area contributed by atoms with E-state index in [0.29, 0.717) is 26.9 Å². The van der Waals surface area contributed by atoms with Gasteiger partial charge in [-0.2, -0.15) is 0 Å². The van der Waals surface area contributed by atoms with E-state index in [-0.39, 0.29) is 12.3 Å². The average molecular weight is 395 g/mol. The number of anilines is 1. The van der Waals surface area contributed by atoms with Crippen molar-refractivity contribution in [1.29, 1.82) is 0 Å². The minimum absolute atomic E-state index is 0.141. The number of hydrogen-bond donors (Lipinski definition) is 2. The van der Waals surface area contributed by atoms with E-state index in [1.54, 1.807) is 36.4 Å². The van der Waals surface area contributed by atoms with Crippen LogP contribution in [0.25, 0.3) is 0 Å². The maximum atomic E-state index is 11.9. The van der Waals surface area contributed by atoms with E-state index in [1.165, 1.54) is 13.1 Å². The van der Waals surface area contributed by atoms with Gasteiger partial charge in [0.15, 0.2) is 6.61 Å². The fourth-order valence-electron chi connectivity index (χ4n) is 2.12. The van der Waals surface area contributed by atoms with Gasteiger partial charge < -0.3 is 15.4 Å². The number of halogens is 2. The molecule has 0 radical (unpaired) electrons. The maximum Gasteiger partial charge on any atom is 0.310 e. The van der Waals surface area contributed by atoms with Crippen molar-refractivity contribution in [3.8, 4) is 0 Å². The molecule has 0 saturated carbocycles. The highest BCUT2D eigenvalue weighted by Crippen LogP contribution is 2.24. The zero-order valence-electron chi connectivity index (χ0n) is 13.8. The molecule has 0 heterocycles. The average Bonchev–Trinajstić information content (AvgIpc) is 2.62. The molecule has 0 aromatic heterocycles. The lowest BCUT2D eigenvalue weighted by Gasteiger charge is -2.09. The minimum Gasteiger partial charge on any atom is -0.455 e. The standard InChI is InChI=1S/C18H16Cl2N2O4/c1-21-18(25)11-4-2-5-12(8-11)22-16(23)10-26-17(24)9-13-14(19)6-3-7-15(13)20/h2-8H,9-10H2,1H3,(H,21,25)(H,22,23). The zero-order chi connectivity index (χ0) is 19.1. The third-order valence-corrected chi connectivity index (χ3v) is 4.09. The van der Waals surface area contributed by atoms with E-state index >= 15 is 0 Å². The second kappa shape index (κ2) is 9.22. The maximum absolute atomic E-state index is 11.9. The van der Waals surface area contributed by atoms with Crippen LogP contribution in [0, 0.1) is 0 Å². The van der Waals surface area contributed by atoms with Crippen LogP contribution >= 0.6 is 23.2 Å². The topological polar surface area (TPSA) is 84.5 Å². The first-order valence-electron chi connectivity index (χ1n) is 7.61. The first-order valence-corrected chi connectivity index (χ1v) is 8.37. The SMILES string of the molecule is CNC(=O)c1cccc(NC(=O)COC(=O)Cc2c(Cl)cccc2Cl)c1. The Morgan fingerprint density at radius 1 is 1.04 bits per heavy atom. The molecule has 26 heavy (non-hydrogen) atoms. The smallest absolute Gasteiger partial charge is 0.310 e. The van der Waals surface area contributed by atoms with Gasteiger partial charge in [0.1, 0.15) is 0 Å². The van der Waals surface area contributed by atoms with Crippen molar-refractivity contribution in [2.75, 3.05) is 19.0 Å². The molecule has 0 spiro atoms. The Labute approximate surface area is 160 Å². The summed E-state index contributed by atoms with van der Waals surface area (Å²) in [7, 11) is 1.51. The molecule has 2 N–H and O–H groups in total. The summed E-state index contributed by atoms with van der Waals surface area (Å²) in [5.74, 6) is -1.43. The van der Waals surface area contributed by atoms with Crippen LogP contribution in [-0.2, 0) is 20.7 Å². The lowest BCUT2D eigenvalue weighted by molar-refractivity contribution is -0.146. The molecular formula is C18H16Cl2N2O4. The van der Waals surface area contributed by atoms with Crippen molar-refractivity contribution in [2.24, 2.45) is 0 Å². The van der Waals surface area contributed by atoms with Crippen LogP contribution < -0.4 is 10.6 Å². The Bertz CT molecular complexity index is 819. The number of esters is 1. The van der Waals surface area contributed by atoms with Crippen molar-refractivity contribution in [3.05, 3.63) is 63.6 Å². The summed E-state index contributed by atoms with van der Waals surface area (Å²) in [5, 5.41) is 5.75. The summed E-state index contributed by atoms with van der Waals surface area (Å²) >= 11 is 12.0. The van der Waals surface area contributed by atoms with Crippen molar-refractivity contribution in [2.45, 2.75) is 6.42 Å². The second-order valence-corrected chi connectivity index (χ2v) is 6.06. The van der Waals surface area contributed by atoms with E-state index in [2.05, 4.69) is 10.6 Å². The van der Waals surface area contributed by atoms with Crippen LogP contribution in [0.1, 0.15) is 15.9 Å². The summed E-state index contributed by atoms with van der Waals surface area (Å²) in [6.45, 7) is -0.467. The van der Waals surface area contributed by atoms with Gasteiger partial charge in [-0.15, -0.1) is 0 Å². The molecule has 0 aliphatic carbocycles. The third kappa shape index (κ3) is 5.47. The Balaban J connectivity index is 1.89. The van der Waals surface area contributed by atoms with Crippen LogP contribution in [0.3, 0.4) is 0 Å². The fourth-order valence-corrected chi connectivity index (χ4v) is 2.65. The molecule has 8 heteroatoms. The number of ether oxygens (including phenoxy) is 1. The molecule has 0 aliphatic rings. The number of carbonyl (C=O) groups is 3. The molecule has 6 nitrogen and oxygen atoms in total. The van der Waals surface area contributed by atoms with Crippen LogP contribution in [0.5, 0.6) is 0 Å². The van der Waals surface area contributed by atoms with Gasteiger partial charge in [-0.3, -0.25) is 14.4 Å². The molecule has 136 valence electrons. The largest absolute Gasteiger partial charge is 0.455 e. The molecule has 2 rings (SSSR count). The van der Waals surface area contributed by atoms with Gasteiger partial charge in [-0.25, -0.2) is 0 Å². The molecular weight excluding hydrogens is 379 g/mol. The zero-order valence-corrected chi connectivity index (χ0v) is 15.4. The van der Waals surface area contributed by atoms with Gasteiger partial charge in [0.25, 0.3) is 11.8 Å². The summed E-state index contributed by atoms with van der Waals surface area (Å²) in [6.07, 6.45) is -0.141. The van der Waals surface area contributed by atoms with Crippen LogP contribution in [0.2, 0.25) is 10.0 Å². The Morgan fingerprint density at radius 3 is 2.35 bits per heavy atom. The molecule has 2 aromatic rings. The summed E-state index contributed by atoms with van der Waals surface area (Å²) in [5.41, 5.74) is 1.26. The Kier molecular flexibility index (Phi) is 7.00. The first-order chi connectivity index (χ1) is 12.4. The van der Waals surface area contributed by atoms with E-state index in [1.807, 2.05) is 0 Å². The number of carbonyl (C=O) groups excluding carboxylic acids is 3. The van der Waals surface area contributed by atoms with E-state index in [4.69, 9.17) is 27.9 Å². The fraction of sp³-hybridized carbons (Fsp3) is 0.167. The molecule has 2 aromatic carbocycles.